The van der Waals surface area contributed by atoms with E-state index in [4.69, 9.17) is 18.9 Å². The molecule has 0 bridgehead atoms. The minimum Gasteiger partial charge on any atom is -0.493 e. The lowest BCUT2D eigenvalue weighted by Crippen LogP contribution is -2.17. The second-order valence-corrected chi connectivity index (χ2v) is 7.54. The summed E-state index contributed by atoms with van der Waals surface area (Å²) in [6.07, 6.45) is 3.05. The molecule has 2 unspecified atom stereocenters. The van der Waals surface area contributed by atoms with E-state index in [1.807, 2.05) is 56.4 Å². The third-order valence-corrected chi connectivity index (χ3v) is 5.04. The van der Waals surface area contributed by atoms with Crippen molar-refractivity contribution < 1.29 is 23.7 Å². The van der Waals surface area contributed by atoms with E-state index in [0.29, 0.717) is 26.1 Å². The summed E-state index contributed by atoms with van der Waals surface area (Å²) in [6.45, 7) is 5.36. The first kappa shape index (κ1) is 23.3. The zero-order chi connectivity index (χ0) is 21.1. The van der Waals surface area contributed by atoms with Gasteiger partial charge in [0.2, 0.25) is 0 Å². The number of carbonyl (C=O) groups excluding carboxylic acids is 1. The van der Waals surface area contributed by atoms with Crippen molar-refractivity contribution in [1.29, 1.82) is 0 Å². The molecule has 2 atom stereocenters. The lowest BCUT2D eigenvalue weighted by Gasteiger charge is -2.13. The van der Waals surface area contributed by atoms with Crippen LogP contribution in [0.2, 0.25) is 0 Å². The maximum atomic E-state index is 11.5. The number of carbonyl (C=O) groups is 1. The minimum atomic E-state index is -0.347. The van der Waals surface area contributed by atoms with Crippen molar-refractivity contribution in [3.8, 4) is 5.75 Å². The molecule has 6 nitrogen and oxygen atoms in total. The first-order valence-electron chi connectivity index (χ1n) is 9.61. The van der Waals surface area contributed by atoms with Crippen molar-refractivity contribution in [2.75, 3.05) is 27.1 Å². The van der Waals surface area contributed by atoms with Crippen LogP contribution in [-0.2, 0) is 31.8 Å². The number of halogens is 1. The molecule has 0 saturated heterocycles. The predicted molar refractivity (Wildman–Crippen MR) is 114 cm³/mol. The van der Waals surface area contributed by atoms with Crippen LogP contribution in [0.1, 0.15) is 36.8 Å². The number of methoxy groups -OCH3 is 1. The van der Waals surface area contributed by atoms with Gasteiger partial charge in [0, 0.05) is 24.9 Å². The highest BCUT2D eigenvalue weighted by Crippen LogP contribution is 2.18. The van der Waals surface area contributed by atoms with Crippen LogP contribution in [0, 0.1) is 0 Å². The van der Waals surface area contributed by atoms with Gasteiger partial charge in [-0.3, -0.25) is 9.78 Å². The van der Waals surface area contributed by atoms with Crippen LogP contribution in [0.3, 0.4) is 0 Å². The topological polar surface area (TPSA) is 66.9 Å². The van der Waals surface area contributed by atoms with Crippen molar-refractivity contribution >= 4 is 21.9 Å². The molecule has 1 aromatic heterocycles. The average molecular weight is 466 g/mol. The maximum absolute atomic E-state index is 11.5. The lowest BCUT2D eigenvalue weighted by molar-refractivity contribution is -0.139. The summed E-state index contributed by atoms with van der Waals surface area (Å²) in [6, 6.07) is 11.7. The second-order valence-electron chi connectivity index (χ2n) is 6.44. The molecular formula is C22H28BrNO5. The van der Waals surface area contributed by atoms with E-state index in [9.17, 15) is 4.79 Å². The number of rotatable bonds is 12. The molecule has 0 amide bonds. The van der Waals surface area contributed by atoms with E-state index < -0.39 is 0 Å². The van der Waals surface area contributed by atoms with Crippen LogP contribution < -0.4 is 4.74 Å². The van der Waals surface area contributed by atoms with Gasteiger partial charge < -0.3 is 18.9 Å². The molecule has 7 heteroatoms. The van der Waals surface area contributed by atoms with Gasteiger partial charge in [0.25, 0.3) is 0 Å². The van der Waals surface area contributed by atoms with Gasteiger partial charge in [-0.15, -0.1) is 0 Å². The average Bonchev–Trinajstić information content (AvgIpc) is 2.75. The molecule has 2 aromatic rings. The summed E-state index contributed by atoms with van der Waals surface area (Å²) in [7, 11) is 1.38. The van der Waals surface area contributed by atoms with Crippen LogP contribution >= 0.6 is 15.9 Å². The molecule has 0 aliphatic carbocycles. The second kappa shape index (κ2) is 12.6. The standard InChI is InChI=1S/C22H28BrNO5/c1-4-27-15-29-16(2)18-7-8-19(24-14-18)11-12-28-20-9-5-17(6-10-20)13-21(23)22(25)26-3/h5-10,14,16,21H,4,11-13,15H2,1-3H3. The highest BCUT2D eigenvalue weighted by Gasteiger charge is 2.15. The molecular weight excluding hydrogens is 438 g/mol. The van der Waals surface area contributed by atoms with E-state index in [0.717, 1.165) is 22.6 Å². The number of pyridine rings is 1. The fraction of sp³-hybridized carbons (Fsp3) is 0.455. The van der Waals surface area contributed by atoms with Crippen LogP contribution in [-0.4, -0.2) is 42.9 Å². The van der Waals surface area contributed by atoms with Gasteiger partial charge >= 0.3 is 5.97 Å². The van der Waals surface area contributed by atoms with Crippen molar-refractivity contribution in [3.05, 3.63) is 59.4 Å². The Kier molecular flexibility index (Phi) is 10.1. The summed E-state index contributed by atoms with van der Waals surface area (Å²) in [4.78, 5) is 15.6. The molecule has 0 aliphatic rings. The Morgan fingerprint density at radius 3 is 2.55 bits per heavy atom. The van der Waals surface area contributed by atoms with Crippen LogP contribution in [0.25, 0.3) is 0 Å². The number of hydrogen-bond donors (Lipinski definition) is 0. The maximum Gasteiger partial charge on any atom is 0.319 e. The zero-order valence-electron chi connectivity index (χ0n) is 17.1. The van der Waals surface area contributed by atoms with Gasteiger partial charge in [-0.05, 0) is 49.6 Å². The first-order valence-corrected chi connectivity index (χ1v) is 10.5. The molecule has 0 fully saturated rings. The van der Waals surface area contributed by atoms with Gasteiger partial charge in [-0.1, -0.05) is 34.1 Å². The van der Waals surface area contributed by atoms with E-state index >= 15 is 0 Å². The van der Waals surface area contributed by atoms with Crippen molar-refractivity contribution in [3.63, 3.8) is 0 Å². The quantitative estimate of drug-likeness (QED) is 0.202. The first-order chi connectivity index (χ1) is 14.0. The summed E-state index contributed by atoms with van der Waals surface area (Å²) in [5.74, 6) is 0.506. The van der Waals surface area contributed by atoms with Gasteiger partial charge in [-0.25, -0.2) is 0 Å². The zero-order valence-corrected chi connectivity index (χ0v) is 18.7. The molecule has 1 aromatic carbocycles. The minimum absolute atomic E-state index is 0.0591. The number of benzene rings is 1. The predicted octanol–water partition coefficient (Wildman–Crippen LogP) is 4.25. The largest absolute Gasteiger partial charge is 0.493 e. The monoisotopic (exact) mass is 465 g/mol. The molecule has 1 heterocycles. The Balaban J connectivity index is 1.76. The number of esters is 1. The highest BCUT2D eigenvalue weighted by atomic mass is 79.9. The van der Waals surface area contributed by atoms with Gasteiger partial charge in [0.1, 0.15) is 17.4 Å². The molecule has 0 radical (unpaired) electrons. The molecule has 2 rings (SSSR count). The Labute approximate surface area is 180 Å². The van der Waals surface area contributed by atoms with E-state index in [1.165, 1.54) is 7.11 Å². The number of hydrogen-bond acceptors (Lipinski definition) is 6. The molecule has 0 N–H and O–H groups in total. The molecule has 0 spiro atoms. The molecule has 158 valence electrons. The Morgan fingerprint density at radius 2 is 1.93 bits per heavy atom. The number of aromatic nitrogens is 1. The van der Waals surface area contributed by atoms with E-state index in [2.05, 4.69) is 20.9 Å². The third kappa shape index (κ3) is 8.12. The third-order valence-electron chi connectivity index (χ3n) is 4.34. The molecule has 29 heavy (non-hydrogen) atoms. The van der Waals surface area contributed by atoms with Crippen molar-refractivity contribution in [2.24, 2.45) is 0 Å². The highest BCUT2D eigenvalue weighted by molar-refractivity contribution is 9.10. The summed E-state index contributed by atoms with van der Waals surface area (Å²) < 4.78 is 21.3. The smallest absolute Gasteiger partial charge is 0.319 e. The van der Waals surface area contributed by atoms with Gasteiger partial charge in [0.05, 0.1) is 19.8 Å². The summed E-state index contributed by atoms with van der Waals surface area (Å²) in [5, 5.41) is 0. The molecule has 0 aliphatic heterocycles. The van der Waals surface area contributed by atoms with Crippen LogP contribution in [0.15, 0.2) is 42.6 Å². The number of nitrogens with zero attached hydrogens (tertiary/aromatic N) is 1. The summed E-state index contributed by atoms with van der Waals surface area (Å²) >= 11 is 3.33. The van der Waals surface area contributed by atoms with Gasteiger partial charge in [0.15, 0.2) is 0 Å². The van der Waals surface area contributed by atoms with Crippen LogP contribution in [0.4, 0.5) is 0 Å². The van der Waals surface area contributed by atoms with E-state index in [1.54, 1.807) is 0 Å². The fourth-order valence-corrected chi connectivity index (χ4v) is 3.13. The lowest BCUT2D eigenvalue weighted by atomic mass is 10.1. The molecule has 0 saturated carbocycles. The Bertz CT molecular complexity index is 736. The van der Waals surface area contributed by atoms with E-state index in [-0.39, 0.29) is 23.7 Å². The number of alkyl halides is 1. The van der Waals surface area contributed by atoms with Gasteiger partial charge in [-0.2, -0.15) is 0 Å². The number of ether oxygens (including phenoxy) is 4. The Morgan fingerprint density at radius 1 is 1.17 bits per heavy atom. The summed E-state index contributed by atoms with van der Waals surface area (Å²) in [5.41, 5.74) is 3.01. The van der Waals surface area contributed by atoms with Crippen LogP contribution in [0.5, 0.6) is 5.75 Å². The normalized spacial score (nSPS) is 13.0. The Hall–Kier alpha value is -1.96. The van der Waals surface area contributed by atoms with Crippen molar-refractivity contribution in [1.82, 2.24) is 4.98 Å². The van der Waals surface area contributed by atoms with Crippen molar-refractivity contribution in [2.45, 2.75) is 37.6 Å². The fourth-order valence-electron chi connectivity index (χ4n) is 2.57. The SMILES string of the molecule is CCOCOC(C)c1ccc(CCOc2ccc(CC(Br)C(=O)OC)cc2)nc1.